The average molecular weight is 366 g/mol. The van der Waals surface area contributed by atoms with Crippen LogP contribution in [0.4, 0.5) is 5.00 Å². The molecular formula is C16H18N2O4S2. The van der Waals surface area contributed by atoms with Crippen LogP contribution in [-0.2, 0) is 9.53 Å². The van der Waals surface area contributed by atoms with Crippen molar-refractivity contribution in [2.75, 3.05) is 19.0 Å². The average Bonchev–Trinajstić information content (AvgIpc) is 3.16. The summed E-state index contributed by atoms with van der Waals surface area (Å²) in [4.78, 5) is 37.3. The molecule has 2 rings (SSSR count). The Kier molecular flexibility index (Phi) is 6.10. The fraction of sp³-hybridized carbons (Fsp3) is 0.312. The van der Waals surface area contributed by atoms with Crippen LogP contribution >= 0.6 is 22.7 Å². The first-order valence-electron chi connectivity index (χ1n) is 7.24. The van der Waals surface area contributed by atoms with Crippen LogP contribution in [-0.4, -0.2) is 31.4 Å². The molecule has 6 nitrogen and oxygen atoms in total. The number of carbonyl (C=O) groups excluding carboxylic acids is 3. The van der Waals surface area contributed by atoms with Crippen LogP contribution in [0.25, 0.3) is 0 Å². The molecule has 0 aromatic carbocycles. The molecule has 2 aromatic heterocycles. The molecule has 0 radical (unpaired) electrons. The molecular weight excluding hydrogens is 348 g/mol. The van der Waals surface area contributed by atoms with Crippen LogP contribution in [0.15, 0.2) is 17.5 Å². The standard InChI is InChI=1S/C16H18N2O4S2/c1-9-10(2)24-15(13(9)16(21)22-3)18-12(19)6-7-17-14(20)11-5-4-8-23-11/h4-5,8H,6-7H2,1-3H3,(H,17,20)(H,18,19). The van der Waals surface area contributed by atoms with Gasteiger partial charge >= 0.3 is 5.97 Å². The Morgan fingerprint density at radius 2 is 2.00 bits per heavy atom. The molecule has 0 atom stereocenters. The predicted octanol–water partition coefficient (Wildman–Crippen LogP) is 2.97. The zero-order valence-electron chi connectivity index (χ0n) is 13.6. The van der Waals surface area contributed by atoms with Gasteiger partial charge in [-0.25, -0.2) is 4.79 Å². The first kappa shape index (κ1) is 18.2. The maximum atomic E-state index is 12.1. The van der Waals surface area contributed by atoms with E-state index in [0.717, 1.165) is 10.4 Å². The second kappa shape index (κ2) is 8.07. The number of aryl methyl sites for hydroxylation is 1. The van der Waals surface area contributed by atoms with Gasteiger partial charge in [0.15, 0.2) is 0 Å². The highest BCUT2D eigenvalue weighted by molar-refractivity contribution is 7.16. The number of methoxy groups -OCH3 is 1. The Labute approximate surface area is 147 Å². The van der Waals surface area contributed by atoms with Crippen LogP contribution in [0.3, 0.4) is 0 Å². The highest BCUT2D eigenvalue weighted by Crippen LogP contribution is 2.32. The quantitative estimate of drug-likeness (QED) is 0.770. The Morgan fingerprint density at radius 3 is 2.62 bits per heavy atom. The second-order valence-corrected chi connectivity index (χ2v) is 7.18. The van der Waals surface area contributed by atoms with E-state index in [2.05, 4.69) is 10.6 Å². The minimum absolute atomic E-state index is 0.119. The highest BCUT2D eigenvalue weighted by Gasteiger charge is 2.21. The molecule has 0 fully saturated rings. The zero-order chi connectivity index (χ0) is 17.7. The third kappa shape index (κ3) is 4.21. The van der Waals surface area contributed by atoms with Crippen molar-refractivity contribution in [1.29, 1.82) is 0 Å². The molecule has 2 amide bonds. The van der Waals surface area contributed by atoms with E-state index in [4.69, 9.17) is 4.74 Å². The van der Waals surface area contributed by atoms with Gasteiger partial charge in [-0.3, -0.25) is 9.59 Å². The molecule has 0 saturated heterocycles. The van der Waals surface area contributed by atoms with Crippen LogP contribution < -0.4 is 10.6 Å². The Balaban J connectivity index is 1.92. The minimum Gasteiger partial charge on any atom is -0.465 e. The second-order valence-electron chi connectivity index (χ2n) is 5.01. The lowest BCUT2D eigenvalue weighted by molar-refractivity contribution is -0.116. The first-order valence-corrected chi connectivity index (χ1v) is 8.93. The van der Waals surface area contributed by atoms with E-state index in [-0.39, 0.29) is 24.8 Å². The molecule has 0 aliphatic rings. The van der Waals surface area contributed by atoms with Crippen LogP contribution in [0.1, 0.15) is 36.9 Å². The van der Waals surface area contributed by atoms with Crippen molar-refractivity contribution in [1.82, 2.24) is 5.32 Å². The highest BCUT2D eigenvalue weighted by atomic mass is 32.1. The molecule has 2 N–H and O–H groups in total. The van der Waals surface area contributed by atoms with Crippen molar-refractivity contribution < 1.29 is 19.1 Å². The van der Waals surface area contributed by atoms with Crippen LogP contribution in [0, 0.1) is 13.8 Å². The molecule has 0 unspecified atom stereocenters. The summed E-state index contributed by atoms with van der Waals surface area (Å²) in [6.07, 6.45) is 0.119. The number of amides is 2. The molecule has 0 bridgehead atoms. The number of esters is 1. The summed E-state index contributed by atoms with van der Waals surface area (Å²) in [6.45, 7) is 3.91. The normalized spacial score (nSPS) is 10.3. The van der Waals surface area contributed by atoms with Gasteiger partial charge in [0.2, 0.25) is 5.91 Å². The summed E-state index contributed by atoms with van der Waals surface area (Å²) in [7, 11) is 1.31. The van der Waals surface area contributed by atoms with Gasteiger partial charge < -0.3 is 15.4 Å². The largest absolute Gasteiger partial charge is 0.465 e. The third-order valence-corrected chi connectivity index (χ3v) is 5.40. The lowest BCUT2D eigenvalue weighted by Crippen LogP contribution is -2.27. The molecule has 0 aliphatic heterocycles. The van der Waals surface area contributed by atoms with Gasteiger partial charge in [0.1, 0.15) is 5.00 Å². The fourth-order valence-electron chi connectivity index (χ4n) is 2.04. The lowest BCUT2D eigenvalue weighted by atomic mass is 10.1. The Hall–Kier alpha value is -2.19. The Morgan fingerprint density at radius 1 is 1.25 bits per heavy atom. The van der Waals surface area contributed by atoms with Crippen LogP contribution in [0.5, 0.6) is 0 Å². The number of ether oxygens (including phenoxy) is 1. The van der Waals surface area contributed by atoms with E-state index in [9.17, 15) is 14.4 Å². The summed E-state index contributed by atoms with van der Waals surface area (Å²) >= 11 is 2.67. The van der Waals surface area contributed by atoms with E-state index in [1.807, 2.05) is 19.2 Å². The first-order chi connectivity index (χ1) is 11.4. The SMILES string of the molecule is COC(=O)c1c(NC(=O)CCNC(=O)c2cccs2)sc(C)c1C. The van der Waals surface area contributed by atoms with Crippen molar-refractivity contribution in [3.8, 4) is 0 Å². The van der Waals surface area contributed by atoms with Gasteiger partial charge in [-0.1, -0.05) is 6.07 Å². The number of thiophene rings is 2. The zero-order valence-corrected chi connectivity index (χ0v) is 15.2. The van der Waals surface area contributed by atoms with E-state index >= 15 is 0 Å². The smallest absolute Gasteiger partial charge is 0.341 e. The fourth-order valence-corrected chi connectivity index (χ4v) is 3.74. The van der Waals surface area contributed by atoms with Gasteiger partial charge in [0.25, 0.3) is 5.91 Å². The van der Waals surface area contributed by atoms with E-state index in [0.29, 0.717) is 15.4 Å². The summed E-state index contributed by atoms with van der Waals surface area (Å²) < 4.78 is 4.77. The van der Waals surface area contributed by atoms with Gasteiger partial charge in [0, 0.05) is 17.8 Å². The number of nitrogens with one attached hydrogen (secondary N) is 2. The van der Waals surface area contributed by atoms with Gasteiger partial charge in [0.05, 0.1) is 17.6 Å². The minimum atomic E-state index is -0.474. The van der Waals surface area contributed by atoms with Crippen molar-refractivity contribution >= 4 is 45.5 Å². The van der Waals surface area contributed by atoms with Gasteiger partial charge in [-0.05, 0) is 30.9 Å². The summed E-state index contributed by atoms with van der Waals surface area (Å²) in [5, 5.41) is 7.71. The number of anilines is 1. The molecule has 0 saturated carbocycles. The van der Waals surface area contributed by atoms with Gasteiger partial charge in [-0.2, -0.15) is 0 Å². The van der Waals surface area contributed by atoms with Crippen molar-refractivity contribution in [3.63, 3.8) is 0 Å². The molecule has 8 heteroatoms. The topological polar surface area (TPSA) is 84.5 Å². The third-order valence-electron chi connectivity index (χ3n) is 3.41. The van der Waals surface area contributed by atoms with Crippen LogP contribution in [0.2, 0.25) is 0 Å². The number of carbonyl (C=O) groups is 3. The maximum absolute atomic E-state index is 12.1. The molecule has 0 aliphatic carbocycles. The van der Waals surface area contributed by atoms with Gasteiger partial charge in [-0.15, -0.1) is 22.7 Å². The van der Waals surface area contributed by atoms with E-state index in [1.54, 1.807) is 12.1 Å². The summed E-state index contributed by atoms with van der Waals surface area (Å²) in [5.74, 6) is -0.943. The predicted molar refractivity (Wildman–Crippen MR) is 95.0 cm³/mol. The van der Waals surface area contributed by atoms with E-state index in [1.165, 1.54) is 29.8 Å². The summed E-state index contributed by atoms with van der Waals surface area (Å²) in [6, 6.07) is 3.52. The number of hydrogen-bond donors (Lipinski definition) is 2. The molecule has 24 heavy (non-hydrogen) atoms. The number of hydrogen-bond acceptors (Lipinski definition) is 6. The van der Waals surface area contributed by atoms with Crippen molar-refractivity contribution in [3.05, 3.63) is 38.4 Å². The molecule has 128 valence electrons. The van der Waals surface area contributed by atoms with E-state index < -0.39 is 5.97 Å². The number of rotatable bonds is 6. The maximum Gasteiger partial charge on any atom is 0.341 e. The molecule has 2 aromatic rings. The Bertz CT molecular complexity index is 750. The lowest BCUT2D eigenvalue weighted by Gasteiger charge is -2.07. The monoisotopic (exact) mass is 366 g/mol. The molecule has 0 spiro atoms. The van der Waals surface area contributed by atoms with Crippen molar-refractivity contribution in [2.24, 2.45) is 0 Å². The van der Waals surface area contributed by atoms with Crippen molar-refractivity contribution in [2.45, 2.75) is 20.3 Å². The molecule has 2 heterocycles. The summed E-state index contributed by atoms with van der Waals surface area (Å²) in [5.41, 5.74) is 1.18.